The van der Waals surface area contributed by atoms with Crippen LogP contribution in [0.25, 0.3) is 0 Å². The monoisotopic (exact) mass is 439 g/mol. The molecule has 3 aromatic rings. The van der Waals surface area contributed by atoms with Crippen LogP contribution in [0.2, 0.25) is 0 Å². The van der Waals surface area contributed by atoms with Gasteiger partial charge in [-0.2, -0.15) is 0 Å². The Balaban J connectivity index is 1.57. The van der Waals surface area contributed by atoms with Crippen molar-refractivity contribution < 1.29 is 14.3 Å². The maximum absolute atomic E-state index is 12.5. The third-order valence-corrected chi connectivity index (χ3v) is 5.52. The summed E-state index contributed by atoms with van der Waals surface area (Å²) in [6.07, 6.45) is 0.105. The molecule has 0 bridgehead atoms. The van der Waals surface area contributed by atoms with E-state index >= 15 is 0 Å². The summed E-state index contributed by atoms with van der Waals surface area (Å²) in [6.45, 7) is 4.49. The number of nitrogens with one attached hydrogen (secondary N) is 2. The Hall–Kier alpha value is -3.33. The number of hydrogen-bond donors (Lipinski definition) is 2. The highest BCUT2D eigenvalue weighted by molar-refractivity contribution is 7.99. The van der Waals surface area contributed by atoms with Gasteiger partial charge >= 0.3 is 0 Å². The van der Waals surface area contributed by atoms with Gasteiger partial charge in [-0.25, -0.2) is 0 Å². The minimum absolute atomic E-state index is 0.105. The van der Waals surface area contributed by atoms with Gasteiger partial charge in [-0.15, -0.1) is 10.2 Å². The van der Waals surface area contributed by atoms with Crippen LogP contribution >= 0.6 is 11.8 Å². The molecule has 0 atom stereocenters. The second kappa shape index (κ2) is 10.6. The van der Waals surface area contributed by atoms with Crippen LogP contribution in [0.5, 0.6) is 5.75 Å². The van der Waals surface area contributed by atoms with E-state index in [0.29, 0.717) is 23.2 Å². The number of para-hydroxylation sites is 1. The molecule has 0 spiro atoms. The van der Waals surface area contributed by atoms with E-state index in [4.69, 9.17) is 4.74 Å². The van der Waals surface area contributed by atoms with Crippen molar-refractivity contribution in [3.8, 4) is 5.75 Å². The van der Waals surface area contributed by atoms with Crippen LogP contribution in [-0.4, -0.2) is 39.4 Å². The van der Waals surface area contributed by atoms with Crippen molar-refractivity contribution in [2.24, 2.45) is 0 Å². The average molecular weight is 440 g/mol. The number of nitrogens with zero attached hydrogens (tertiary/aromatic N) is 3. The van der Waals surface area contributed by atoms with Crippen molar-refractivity contribution in [1.29, 1.82) is 0 Å². The largest absolute Gasteiger partial charge is 0.497 e. The number of carbonyl (C=O) groups is 2. The van der Waals surface area contributed by atoms with Gasteiger partial charge in [0.05, 0.1) is 19.3 Å². The van der Waals surface area contributed by atoms with E-state index in [1.807, 2.05) is 42.7 Å². The lowest BCUT2D eigenvalue weighted by molar-refractivity contribution is -0.116. The lowest BCUT2D eigenvalue weighted by atomic mass is 10.2. The molecule has 0 aliphatic rings. The summed E-state index contributed by atoms with van der Waals surface area (Å²) in [5, 5.41) is 14.7. The molecule has 2 aromatic carbocycles. The molecule has 1 heterocycles. The number of carbonyl (C=O) groups excluding carboxylic acids is 2. The molecule has 2 amide bonds. The minimum Gasteiger partial charge on any atom is -0.497 e. The molecule has 2 N–H and O–H groups in total. The molecular formula is C22H25N5O3S. The third-order valence-electron chi connectivity index (χ3n) is 4.55. The van der Waals surface area contributed by atoms with Gasteiger partial charge in [0.15, 0.2) is 5.16 Å². The molecule has 31 heavy (non-hydrogen) atoms. The first-order valence-electron chi connectivity index (χ1n) is 9.84. The van der Waals surface area contributed by atoms with Crippen molar-refractivity contribution in [1.82, 2.24) is 14.8 Å². The number of aryl methyl sites for hydroxylation is 1. The van der Waals surface area contributed by atoms with Crippen LogP contribution in [0.3, 0.4) is 0 Å². The van der Waals surface area contributed by atoms with Crippen molar-refractivity contribution in [3.63, 3.8) is 0 Å². The number of aromatic nitrogens is 3. The standard InChI is InChI=1S/C22H25N5O3S/c1-4-27-19(13-20(28)24-18-8-6-5-7-15(18)2)25-26-22(27)31-14-21(29)23-16-9-11-17(30-3)12-10-16/h5-12H,4,13-14H2,1-3H3,(H,23,29)(H,24,28). The summed E-state index contributed by atoms with van der Waals surface area (Å²) in [7, 11) is 1.59. The summed E-state index contributed by atoms with van der Waals surface area (Å²) in [4.78, 5) is 24.7. The quantitative estimate of drug-likeness (QED) is 0.495. The second-order valence-corrected chi connectivity index (χ2v) is 7.69. The predicted molar refractivity (Wildman–Crippen MR) is 122 cm³/mol. The van der Waals surface area contributed by atoms with Gasteiger partial charge < -0.3 is 19.9 Å². The van der Waals surface area contributed by atoms with E-state index in [9.17, 15) is 9.59 Å². The van der Waals surface area contributed by atoms with Crippen LogP contribution in [0.15, 0.2) is 53.7 Å². The van der Waals surface area contributed by atoms with Crippen LogP contribution in [0, 0.1) is 6.92 Å². The van der Waals surface area contributed by atoms with Crippen LogP contribution in [-0.2, 0) is 22.6 Å². The maximum Gasteiger partial charge on any atom is 0.234 e. The Morgan fingerprint density at radius 3 is 2.45 bits per heavy atom. The van der Waals surface area contributed by atoms with Gasteiger partial charge in [0.1, 0.15) is 11.6 Å². The van der Waals surface area contributed by atoms with E-state index < -0.39 is 0 Å². The Bertz CT molecular complexity index is 1050. The fraction of sp³-hybridized carbons (Fsp3) is 0.273. The van der Waals surface area contributed by atoms with Gasteiger partial charge in [0.25, 0.3) is 0 Å². The predicted octanol–water partition coefficient (Wildman–Crippen LogP) is 3.53. The first-order chi connectivity index (χ1) is 15.0. The van der Waals surface area contributed by atoms with Gasteiger partial charge in [0.2, 0.25) is 11.8 Å². The van der Waals surface area contributed by atoms with E-state index in [-0.39, 0.29) is 24.0 Å². The van der Waals surface area contributed by atoms with Gasteiger partial charge in [-0.3, -0.25) is 9.59 Å². The molecule has 9 heteroatoms. The molecule has 3 rings (SSSR count). The summed E-state index contributed by atoms with van der Waals surface area (Å²) >= 11 is 1.28. The van der Waals surface area contributed by atoms with Crippen molar-refractivity contribution in [3.05, 3.63) is 59.9 Å². The fourth-order valence-corrected chi connectivity index (χ4v) is 3.75. The number of methoxy groups -OCH3 is 1. The normalized spacial score (nSPS) is 10.5. The van der Waals surface area contributed by atoms with E-state index in [2.05, 4.69) is 20.8 Å². The molecule has 162 valence electrons. The molecule has 0 saturated carbocycles. The summed E-state index contributed by atoms with van der Waals surface area (Å²) < 4.78 is 6.96. The number of thioether (sulfide) groups is 1. The smallest absolute Gasteiger partial charge is 0.234 e. The van der Waals surface area contributed by atoms with Gasteiger partial charge in [0, 0.05) is 17.9 Å². The zero-order valence-corrected chi connectivity index (χ0v) is 18.5. The first-order valence-corrected chi connectivity index (χ1v) is 10.8. The summed E-state index contributed by atoms with van der Waals surface area (Å²) in [5.41, 5.74) is 2.46. The number of hydrogen-bond acceptors (Lipinski definition) is 6. The zero-order valence-electron chi connectivity index (χ0n) is 17.7. The fourth-order valence-electron chi connectivity index (χ4n) is 2.93. The zero-order chi connectivity index (χ0) is 22.2. The number of rotatable bonds is 9. The van der Waals surface area contributed by atoms with Crippen molar-refractivity contribution >= 4 is 35.0 Å². The molecule has 8 nitrogen and oxygen atoms in total. The lowest BCUT2D eigenvalue weighted by Gasteiger charge is -2.10. The summed E-state index contributed by atoms with van der Waals surface area (Å²) in [6, 6.07) is 14.7. The summed E-state index contributed by atoms with van der Waals surface area (Å²) in [5.74, 6) is 1.15. The highest BCUT2D eigenvalue weighted by Crippen LogP contribution is 2.20. The topological polar surface area (TPSA) is 98.1 Å². The average Bonchev–Trinajstić information content (AvgIpc) is 3.15. The van der Waals surface area contributed by atoms with Crippen molar-refractivity contribution in [2.45, 2.75) is 32.0 Å². The van der Waals surface area contributed by atoms with E-state index in [1.54, 1.807) is 31.4 Å². The maximum atomic E-state index is 12.5. The molecule has 0 fully saturated rings. The van der Waals surface area contributed by atoms with Crippen LogP contribution in [0.4, 0.5) is 11.4 Å². The molecule has 0 saturated heterocycles. The Morgan fingerprint density at radius 2 is 1.77 bits per heavy atom. The molecule has 0 unspecified atom stereocenters. The second-order valence-electron chi connectivity index (χ2n) is 6.75. The van der Waals surface area contributed by atoms with Gasteiger partial charge in [-0.1, -0.05) is 30.0 Å². The molecule has 0 radical (unpaired) electrons. The van der Waals surface area contributed by atoms with Crippen LogP contribution < -0.4 is 15.4 Å². The molecule has 0 aliphatic heterocycles. The Labute approximate surface area is 185 Å². The SMILES string of the molecule is CCn1c(CC(=O)Nc2ccccc2C)nnc1SCC(=O)Nc1ccc(OC)cc1. The molecular weight excluding hydrogens is 414 g/mol. The number of amides is 2. The number of benzene rings is 2. The number of anilines is 2. The van der Waals surface area contributed by atoms with Gasteiger partial charge in [-0.05, 0) is 49.7 Å². The highest BCUT2D eigenvalue weighted by Gasteiger charge is 2.16. The minimum atomic E-state index is -0.162. The van der Waals surface area contributed by atoms with E-state index in [0.717, 1.165) is 17.0 Å². The Kier molecular flexibility index (Phi) is 7.66. The third kappa shape index (κ3) is 6.08. The van der Waals surface area contributed by atoms with Crippen molar-refractivity contribution in [2.75, 3.05) is 23.5 Å². The highest BCUT2D eigenvalue weighted by atomic mass is 32.2. The lowest BCUT2D eigenvalue weighted by Crippen LogP contribution is -2.18. The van der Waals surface area contributed by atoms with E-state index in [1.165, 1.54) is 11.8 Å². The van der Waals surface area contributed by atoms with Crippen LogP contribution in [0.1, 0.15) is 18.3 Å². The molecule has 1 aromatic heterocycles. The Morgan fingerprint density at radius 1 is 1.03 bits per heavy atom. The number of ether oxygens (including phenoxy) is 1. The first kappa shape index (κ1) is 22.4. The molecule has 0 aliphatic carbocycles.